The minimum Gasteiger partial charge on any atom is -0.497 e. The van der Waals surface area contributed by atoms with Gasteiger partial charge < -0.3 is 14.8 Å². The molecule has 0 bridgehead atoms. The van der Waals surface area contributed by atoms with Crippen LogP contribution >= 0.6 is 27.3 Å². The predicted molar refractivity (Wildman–Crippen MR) is 102 cm³/mol. The lowest BCUT2D eigenvalue weighted by molar-refractivity contribution is 0.0162. The van der Waals surface area contributed by atoms with Crippen molar-refractivity contribution in [1.29, 1.82) is 0 Å². The molecule has 1 saturated heterocycles. The van der Waals surface area contributed by atoms with Crippen molar-refractivity contribution in [3.63, 3.8) is 0 Å². The third-order valence-corrected chi connectivity index (χ3v) is 5.86. The molecule has 1 N–H and O–H groups in total. The van der Waals surface area contributed by atoms with E-state index in [-0.39, 0.29) is 11.9 Å². The van der Waals surface area contributed by atoms with E-state index in [4.69, 9.17) is 9.47 Å². The van der Waals surface area contributed by atoms with Crippen molar-refractivity contribution in [3.8, 4) is 5.75 Å². The first kappa shape index (κ1) is 18.4. The van der Waals surface area contributed by atoms with Crippen molar-refractivity contribution in [2.75, 3.05) is 40.0 Å². The Morgan fingerprint density at radius 3 is 2.60 bits per heavy atom. The normalized spacial score (nSPS) is 16.4. The molecule has 1 amide bonds. The van der Waals surface area contributed by atoms with E-state index in [0.717, 1.165) is 41.4 Å². The molecule has 0 radical (unpaired) electrons. The van der Waals surface area contributed by atoms with Crippen LogP contribution in [0.3, 0.4) is 0 Å². The maximum Gasteiger partial charge on any atom is 0.261 e. The maximum atomic E-state index is 12.4. The fourth-order valence-electron chi connectivity index (χ4n) is 2.89. The van der Waals surface area contributed by atoms with E-state index in [2.05, 4.69) is 38.3 Å². The Labute approximate surface area is 160 Å². The number of hydrogen-bond donors (Lipinski definition) is 1. The third-order valence-electron chi connectivity index (χ3n) is 4.24. The quantitative estimate of drug-likeness (QED) is 0.772. The van der Waals surface area contributed by atoms with Gasteiger partial charge >= 0.3 is 0 Å². The number of nitrogens with one attached hydrogen (secondary N) is 1. The number of benzene rings is 1. The summed E-state index contributed by atoms with van der Waals surface area (Å²) in [5, 5.41) is 3.07. The lowest BCUT2D eigenvalue weighted by atomic mass is 10.0. The molecular weight excluding hydrogens is 404 g/mol. The van der Waals surface area contributed by atoms with Crippen molar-refractivity contribution >= 4 is 33.2 Å². The summed E-state index contributed by atoms with van der Waals surface area (Å²) in [5.74, 6) is 0.791. The number of morpholine rings is 1. The molecule has 0 aliphatic carbocycles. The van der Waals surface area contributed by atoms with Gasteiger partial charge in [0.05, 0.1) is 35.0 Å². The minimum atomic E-state index is -0.0394. The topological polar surface area (TPSA) is 50.8 Å². The second kappa shape index (κ2) is 8.80. The highest BCUT2D eigenvalue weighted by molar-refractivity contribution is 9.11. The summed E-state index contributed by atoms with van der Waals surface area (Å²) in [5.41, 5.74) is 1.16. The molecule has 1 atom stereocenters. The Morgan fingerprint density at radius 2 is 2.00 bits per heavy atom. The van der Waals surface area contributed by atoms with Gasteiger partial charge in [0.2, 0.25) is 0 Å². The zero-order chi connectivity index (χ0) is 17.6. The molecule has 0 spiro atoms. The summed E-state index contributed by atoms with van der Waals surface area (Å²) < 4.78 is 11.7. The predicted octanol–water partition coefficient (Wildman–Crippen LogP) is 3.32. The van der Waals surface area contributed by atoms with E-state index in [1.807, 2.05) is 24.3 Å². The number of amides is 1. The number of carbonyl (C=O) groups is 1. The second-order valence-corrected chi connectivity index (χ2v) is 8.21. The lowest BCUT2D eigenvalue weighted by Crippen LogP contribution is -2.43. The minimum absolute atomic E-state index is 0.0394. The number of rotatable bonds is 6. The van der Waals surface area contributed by atoms with Gasteiger partial charge in [0.1, 0.15) is 5.75 Å². The number of ether oxygens (including phenoxy) is 2. The van der Waals surface area contributed by atoms with Gasteiger partial charge in [-0.2, -0.15) is 0 Å². The Bertz CT molecular complexity index is 699. The van der Waals surface area contributed by atoms with Crippen LogP contribution in [0.25, 0.3) is 0 Å². The SMILES string of the molecule is COc1ccc(C(CNC(=O)c2ccc(Br)s2)N2CCOCC2)cc1. The van der Waals surface area contributed by atoms with Crippen molar-refractivity contribution < 1.29 is 14.3 Å². The molecule has 2 aromatic rings. The van der Waals surface area contributed by atoms with E-state index >= 15 is 0 Å². The molecule has 1 aliphatic heterocycles. The van der Waals surface area contributed by atoms with Crippen LogP contribution in [0.15, 0.2) is 40.2 Å². The third kappa shape index (κ3) is 4.82. The van der Waals surface area contributed by atoms with Crippen molar-refractivity contribution in [2.45, 2.75) is 6.04 Å². The van der Waals surface area contributed by atoms with Crippen LogP contribution in [0.5, 0.6) is 5.75 Å². The zero-order valence-electron chi connectivity index (χ0n) is 14.0. The summed E-state index contributed by atoms with van der Waals surface area (Å²) in [6.45, 7) is 3.71. The molecule has 1 aromatic carbocycles. The van der Waals surface area contributed by atoms with Gasteiger partial charge in [-0.1, -0.05) is 12.1 Å². The van der Waals surface area contributed by atoms with Gasteiger partial charge in [-0.15, -0.1) is 11.3 Å². The highest BCUT2D eigenvalue weighted by atomic mass is 79.9. The van der Waals surface area contributed by atoms with Crippen LogP contribution in [-0.2, 0) is 4.74 Å². The Morgan fingerprint density at radius 1 is 1.28 bits per heavy atom. The smallest absolute Gasteiger partial charge is 0.261 e. The standard InChI is InChI=1S/C18H21BrN2O3S/c1-23-14-4-2-13(3-5-14)15(21-8-10-24-11-9-21)12-20-18(22)16-6-7-17(19)25-16/h2-7,15H,8-12H2,1H3,(H,20,22). The molecule has 1 aliphatic rings. The first-order chi connectivity index (χ1) is 12.2. The summed E-state index contributed by atoms with van der Waals surface area (Å²) in [6, 6.07) is 11.9. The van der Waals surface area contributed by atoms with Crippen molar-refractivity contribution in [1.82, 2.24) is 10.2 Å². The van der Waals surface area contributed by atoms with Crippen LogP contribution in [0.2, 0.25) is 0 Å². The fraction of sp³-hybridized carbons (Fsp3) is 0.389. The van der Waals surface area contributed by atoms with Crippen molar-refractivity contribution in [2.24, 2.45) is 0 Å². The molecule has 7 heteroatoms. The lowest BCUT2D eigenvalue weighted by Gasteiger charge is -2.35. The van der Waals surface area contributed by atoms with Gasteiger partial charge in [0, 0.05) is 19.6 Å². The summed E-state index contributed by atoms with van der Waals surface area (Å²) in [4.78, 5) is 15.5. The molecule has 0 saturated carbocycles. The van der Waals surface area contributed by atoms with Crippen molar-refractivity contribution in [3.05, 3.63) is 50.6 Å². The molecule has 1 aromatic heterocycles. The van der Waals surface area contributed by atoms with Crippen LogP contribution < -0.4 is 10.1 Å². The van der Waals surface area contributed by atoms with Gasteiger partial charge in [-0.05, 0) is 45.8 Å². The van der Waals surface area contributed by atoms with E-state index in [1.165, 1.54) is 11.3 Å². The van der Waals surface area contributed by atoms with E-state index in [1.54, 1.807) is 7.11 Å². The Hall–Kier alpha value is -1.41. The number of nitrogens with zero attached hydrogens (tertiary/aromatic N) is 1. The van der Waals surface area contributed by atoms with Gasteiger partial charge in [0.15, 0.2) is 0 Å². The fourth-order valence-corrected chi connectivity index (χ4v) is 4.19. The van der Waals surface area contributed by atoms with E-state index in [0.29, 0.717) is 11.4 Å². The molecule has 25 heavy (non-hydrogen) atoms. The van der Waals surface area contributed by atoms with Crippen LogP contribution in [0, 0.1) is 0 Å². The number of thiophene rings is 1. The summed E-state index contributed by atoms with van der Waals surface area (Å²) >= 11 is 4.84. The van der Waals surface area contributed by atoms with Crippen LogP contribution in [0.1, 0.15) is 21.3 Å². The molecule has 1 fully saturated rings. The van der Waals surface area contributed by atoms with Gasteiger partial charge in [0.25, 0.3) is 5.91 Å². The second-order valence-electron chi connectivity index (χ2n) is 5.75. The number of methoxy groups -OCH3 is 1. The molecule has 5 nitrogen and oxygen atoms in total. The largest absolute Gasteiger partial charge is 0.497 e. The van der Waals surface area contributed by atoms with E-state index < -0.39 is 0 Å². The van der Waals surface area contributed by atoms with E-state index in [9.17, 15) is 4.79 Å². The maximum absolute atomic E-state index is 12.4. The molecular formula is C18H21BrN2O3S. The van der Waals surface area contributed by atoms with Crippen LogP contribution in [0.4, 0.5) is 0 Å². The molecule has 134 valence electrons. The van der Waals surface area contributed by atoms with Gasteiger partial charge in [-0.25, -0.2) is 0 Å². The van der Waals surface area contributed by atoms with Crippen LogP contribution in [-0.4, -0.2) is 50.8 Å². The highest BCUT2D eigenvalue weighted by Crippen LogP contribution is 2.25. The average Bonchev–Trinajstić information content (AvgIpc) is 3.10. The first-order valence-electron chi connectivity index (χ1n) is 8.16. The summed E-state index contributed by atoms with van der Waals surface area (Å²) in [6.07, 6.45) is 0. The Balaban J connectivity index is 1.72. The number of carbonyl (C=O) groups excluding carboxylic acids is 1. The van der Waals surface area contributed by atoms with Gasteiger partial charge in [-0.3, -0.25) is 9.69 Å². The average molecular weight is 425 g/mol. The number of halogens is 1. The number of hydrogen-bond acceptors (Lipinski definition) is 5. The molecule has 1 unspecified atom stereocenters. The highest BCUT2D eigenvalue weighted by Gasteiger charge is 2.23. The zero-order valence-corrected chi connectivity index (χ0v) is 16.4. The summed E-state index contributed by atoms with van der Waals surface area (Å²) in [7, 11) is 1.66. The Kier molecular flexibility index (Phi) is 6.47. The molecule has 3 rings (SSSR count). The first-order valence-corrected chi connectivity index (χ1v) is 9.77. The monoisotopic (exact) mass is 424 g/mol. The molecule has 2 heterocycles.